The van der Waals surface area contributed by atoms with Crippen LogP contribution in [-0.2, 0) is 0 Å². The zero-order valence-electron chi connectivity index (χ0n) is 19.1. The summed E-state index contributed by atoms with van der Waals surface area (Å²) in [5, 5.41) is 123. The Morgan fingerprint density at radius 3 is 1.68 bits per heavy atom. The molecular weight excluding hydrogens is 520 g/mol. The van der Waals surface area contributed by atoms with E-state index in [1.165, 1.54) is 0 Å². The van der Waals surface area contributed by atoms with Gasteiger partial charge in [-0.2, -0.15) is 31.1 Å². The van der Waals surface area contributed by atoms with Crippen LogP contribution in [-0.4, -0.2) is 78.1 Å². The van der Waals surface area contributed by atoms with Gasteiger partial charge in [0.05, 0.1) is 25.0 Å². The van der Waals surface area contributed by atoms with Gasteiger partial charge in [0.25, 0.3) is 0 Å². The summed E-state index contributed by atoms with van der Waals surface area (Å²) in [5.41, 5.74) is 1.96. The van der Waals surface area contributed by atoms with Crippen molar-refractivity contribution in [2.24, 2.45) is 10.2 Å². The van der Waals surface area contributed by atoms with Gasteiger partial charge in [-0.05, 0) is 12.1 Å². The maximum absolute atomic E-state index is 11.5. The first kappa shape index (κ1) is 31.0. The van der Waals surface area contributed by atoms with E-state index in [2.05, 4.69) is 21.1 Å². The van der Waals surface area contributed by atoms with Crippen molar-refractivity contribution in [1.82, 2.24) is 0 Å². The summed E-state index contributed by atoms with van der Waals surface area (Å²) in [6, 6.07) is 6.03. The van der Waals surface area contributed by atoms with Gasteiger partial charge in [0.1, 0.15) is 35.4 Å². The fraction of sp³-hybridized carbons (Fsp3) is 0.222. The summed E-state index contributed by atoms with van der Waals surface area (Å²) in [7, 11) is 0. The highest BCUT2D eigenvalue weighted by Crippen LogP contribution is 2.22. The molecule has 0 aliphatic rings. The van der Waals surface area contributed by atoms with E-state index in [-0.39, 0.29) is 22.7 Å². The molecule has 2 rings (SSSR count). The van der Waals surface area contributed by atoms with Gasteiger partial charge in [-0.15, -0.1) is 0 Å². The molecule has 0 aliphatic carbocycles. The number of benzene rings is 2. The second-order valence-corrected chi connectivity index (χ2v) is 7.45. The van der Waals surface area contributed by atoms with Crippen molar-refractivity contribution in [3.63, 3.8) is 0 Å². The zero-order valence-corrected chi connectivity index (χ0v) is 19.1. The minimum absolute atomic E-state index is 0.172. The summed E-state index contributed by atoms with van der Waals surface area (Å²) in [5.74, 6) is 0. The lowest BCUT2D eigenvalue weighted by Gasteiger charge is -2.22. The maximum atomic E-state index is 11.5. The van der Waals surface area contributed by atoms with Crippen molar-refractivity contribution >= 4 is 46.1 Å². The first-order chi connectivity index (χ1) is 17.9. The first-order valence-corrected chi connectivity index (χ1v) is 10.4. The largest absolute Gasteiger partial charge is 0.595 e. The van der Waals surface area contributed by atoms with E-state index in [4.69, 9.17) is 15.5 Å². The Morgan fingerprint density at radius 2 is 1.26 bits per heavy atom. The number of quaternary nitrogens is 4. The minimum atomic E-state index is -2.03. The summed E-state index contributed by atoms with van der Waals surface area (Å²) in [6.07, 6.45) is -5.11. The van der Waals surface area contributed by atoms with Gasteiger partial charge in [-0.3, -0.25) is 10.9 Å². The van der Waals surface area contributed by atoms with Crippen molar-refractivity contribution in [3.05, 3.63) is 57.2 Å². The molecule has 7 unspecified atom stereocenters. The Bertz CT molecular complexity index is 1120. The Kier molecular flexibility index (Phi) is 11.4. The van der Waals surface area contributed by atoms with Crippen molar-refractivity contribution in [3.8, 4) is 0 Å². The van der Waals surface area contributed by atoms with Gasteiger partial charge in [0, 0.05) is 12.1 Å². The lowest BCUT2D eigenvalue weighted by Crippen LogP contribution is -3.00. The third-order valence-electron chi connectivity index (χ3n) is 4.89. The molecule has 0 aromatic heterocycles. The van der Waals surface area contributed by atoms with Crippen LogP contribution in [0.25, 0.3) is 0 Å². The molecule has 0 aliphatic heterocycles. The standard InChI is InChI=1S/C18H26N8O12/c27-8-16(28)18(30)17(29)13(22-21-12-4-2-10(24(33)34)6-15(12)26(37)38)7-19-20-11-3-1-9(23(31)32)5-14(11)25(35)36/h1-7,16-18,20-21,23-31,33,35,37H,8H2. The molecule has 0 amide bonds. The second-order valence-electron chi connectivity index (χ2n) is 7.45. The smallest absolute Gasteiger partial charge is 0.195 e. The fourth-order valence-electron chi connectivity index (χ4n) is 2.86. The van der Waals surface area contributed by atoms with Crippen LogP contribution in [0.4, 0.5) is 34.1 Å². The van der Waals surface area contributed by atoms with Gasteiger partial charge in [-0.1, -0.05) is 0 Å². The minimum Gasteiger partial charge on any atom is -0.595 e. The number of hydrogen-bond donors (Lipinski definition) is 14. The highest BCUT2D eigenvalue weighted by atomic mass is 16.8. The number of nitrogens with zero attached hydrogens (tertiary/aromatic N) is 2. The van der Waals surface area contributed by atoms with Gasteiger partial charge >= 0.3 is 0 Å². The quantitative estimate of drug-likeness (QED) is 0.0822. The number of nitrogens with one attached hydrogen (secondary N) is 6. The molecule has 2 aromatic rings. The van der Waals surface area contributed by atoms with Crippen molar-refractivity contribution in [2.75, 3.05) is 17.5 Å². The number of hydrogen-bond acceptors (Lipinski definition) is 16. The average molecular weight is 546 g/mol. The van der Waals surface area contributed by atoms with E-state index in [1.54, 1.807) is 0 Å². The van der Waals surface area contributed by atoms with Crippen LogP contribution in [0, 0.1) is 20.8 Å². The molecule has 0 spiro atoms. The van der Waals surface area contributed by atoms with E-state index < -0.39 is 62.9 Å². The Labute approximate surface area is 212 Å². The SMILES string of the molecule is [O-][NH+](O)c1ccc(NN=CC(=NNc2ccc([NH+]([O-])O)cc2[NH+]([O-])O)C(O)C(O)C(O)CO)c([NH+]([O-])O)c1. The van der Waals surface area contributed by atoms with Crippen LogP contribution >= 0.6 is 0 Å². The molecule has 0 fully saturated rings. The third kappa shape index (κ3) is 8.12. The van der Waals surface area contributed by atoms with Crippen molar-refractivity contribution in [2.45, 2.75) is 18.3 Å². The van der Waals surface area contributed by atoms with Gasteiger partial charge < -0.3 is 41.3 Å². The predicted octanol–water partition coefficient (Wildman–Crippen LogP) is -5.76. The lowest BCUT2D eigenvalue weighted by atomic mass is 10.0. The lowest BCUT2D eigenvalue weighted by molar-refractivity contribution is -0.996. The summed E-state index contributed by atoms with van der Waals surface area (Å²) in [6.45, 7) is -0.952. The van der Waals surface area contributed by atoms with E-state index in [1.807, 2.05) is 0 Å². The Morgan fingerprint density at radius 1 is 0.789 bits per heavy atom. The Hall–Kier alpha value is -3.26. The van der Waals surface area contributed by atoms with Crippen molar-refractivity contribution in [1.29, 1.82) is 0 Å². The predicted molar refractivity (Wildman–Crippen MR) is 124 cm³/mol. The molecule has 38 heavy (non-hydrogen) atoms. The van der Waals surface area contributed by atoms with Gasteiger partial charge in [-0.25, -0.2) is 20.8 Å². The van der Waals surface area contributed by atoms with Crippen LogP contribution in [0.15, 0.2) is 46.6 Å². The number of aliphatic hydroxyl groups excluding tert-OH is 4. The maximum Gasteiger partial charge on any atom is 0.195 e. The van der Waals surface area contributed by atoms with E-state index in [0.717, 1.165) is 42.6 Å². The van der Waals surface area contributed by atoms with E-state index in [0.29, 0.717) is 0 Å². The van der Waals surface area contributed by atoms with Crippen LogP contribution in [0.5, 0.6) is 0 Å². The third-order valence-corrected chi connectivity index (χ3v) is 4.89. The normalized spacial score (nSPS) is 17.9. The summed E-state index contributed by atoms with van der Waals surface area (Å²) < 4.78 is 0. The molecule has 0 bridgehead atoms. The Balaban J connectivity index is 2.41. The molecule has 0 saturated heterocycles. The highest BCUT2D eigenvalue weighted by Gasteiger charge is 2.28. The average Bonchev–Trinajstić information content (AvgIpc) is 2.88. The number of hydrazone groups is 2. The fourth-order valence-corrected chi connectivity index (χ4v) is 2.86. The van der Waals surface area contributed by atoms with Gasteiger partial charge in [0.15, 0.2) is 22.7 Å². The molecule has 7 atom stereocenters. The first-order valence-electron chi connectivity index (χ1n) is 10.4. The molecule has 20 heteroatoms. The van der Waals surface area contributed by atoms with E-state index in [9.17, 15) is 46.6 Å². The molecule has 20 nitrogen and oxygen atoms in total. The molecule has 14 N–H and O–H groups in total. The number of anilines is 2. The van der Waals surface area contributed by atoms with E-state index >= 15 is 0 Å². The molecule has 210 valence electrons. The van der Waals surface area contributed by atoms with Crippen LogP contribution in [0.1, 0.15) is 0 Å². The molecule has 0 heterocycles. The van der Waals surface area contributed by atoms with Crippen LogP contribution in [0.3, 0.4) is 0 Å². The molecule has 2 aromatic carbocycles. The molecule has 0 radical (unpaired) electrons. The topological polar surface area (TPSA) is 321 Å². The summed E-state index contributed by atoms with van der Waals surface area (Å²) in [4.78, 5) is 0. The van der Waals surface area contributed by atoms with Crippen molar-refractivity contribution < 1.29 is 62.2 Å². The molecule has 0 saturated carbocycles. The van der Waals surface area contributed by atoms with Crippen LogP contribution in [0.2, 0.25) is 0 Å². The summed E-state index contributed by atoms with van der Waals surface area (Å²) >= 11 is 0. The second kappa shape index (κ2) is 14.0. The van der Waals surface area contributed by atoms with Crippen LogP contribution < -0.4 is 31.8 Å². The van der Waals surface area contributed by atoms with Gasteiger partial charge in [0.2, 0.25) is 0 Å². The number of rotatable bonds is 13. The molecular formula is C18H26N8O12. The highest BCUT2D eigenvalue weighted by molar-refractivity contribution is 6.33. The zero-order chi connectivity index (χ0) is 28.6. The monoisotopic (exact) mass is 546 g/mol. The number of aliphatic hydroxyl groups is 4.